The van der Waals surface area contributed by atoms with E-state index >= 15 is 0 Å². The third kappa shape index (κ3) is 2.97. The van der Waals surface area contributed by atoms with Crippen LogP contribution in [0.2, 0.25) is 0 Å². The first-order valence-electron chi connectivity index (χ1n) is 7.63. The van der Waals surface area contributed by atoms with Gasteiger partial charge in [0.1, 0.15) is 5.82 Å². The van der Waals surface area contributed by atoms with Gasteiger partial charge in [-0.15, -0.1) is 0 Å². The maximum Gasteiger partial charge on any atom is 0.181 e. The predicted octanol–water partition coefficient (Wildman–Crippen LogP) is 2.05. The summed E-state index contributed by atoms with van der Waals surface area (Å²) in [6.07, 6.45) is 1.87. The molecule has 2 heterocycles. The van der Waals surface area contributed by atoms with E-state index in [0.717, 1.165) is 19.4 Å². The van der Waals surface area contributed by atoms with Crippen LogP contribution < -0.4 is 5.73 Å². The monoisotopic (exact) mass is 294 g/mol. The standard InChI is InChI=1S/C16H23FN2O2/c1-12(18)15(13-5-2-3-6-14(13)17)19-8-4-7-16(11-19)20-9-10-21-16/h2-3,5-6,12,15H,4,7-11,18H2,1H3. The lowest BCUT2D eigenvalue weighted by molar-refractivity contribution is -0.195. The van der Waals surface area contributed by atoms with Crippen LogP contribution in [0.5, 0.6) is 0 Å². The molecule has 1 spiro atoms. The first kappa shape index (κ1) is 14.9. The summed E-state index contributed by atoms with van der Waals surface area (Å²) in [6, 6.07) is 6.55. The molecule has 2 saturated heterocycles. The number of benzene rings is 1. The molecule has 0 bridgehead atoms. The van der Waals surface area contributed by atoms with Crippen LogP contribution in [0, 0.1) is 5.82 Å². The molecule has 116 valence electrons. The number of hydrogen-bond acceptors (Lipinski definition) is 4. The van der Waals surface area contributed by atoms with Gasteiger partial charge in [0, 0.05) is 18.0 Å². The lowest BCUT2D eigenvalue weighted by Crippen LogP contribution is -2.53. The molecular formula is C16H23FN2O2. The van der Waals surface area contributed by atoms with E-state index in [1.54, 1.807) is 6.07 Å². The zero-order valence-electron chi connectivity index (χ0n) is 12.4. The molecule has 2 unspecified atom stereocenters. The Balaban J connectivity index is 1.86. The molecule has 2 aliphatic rings. The zero-order valence-corrected chi connectivity index (χ0v) is 12.4. The summed E-state index contributed by atoms with van der Waals surface area (Å²) < 4.78 is 25.8. The van der Waals surface area contributed by atoms with Gasteiger partial charge in [-0.2, -0.15) is 0 Å². The van der Waals surface area contributed by atoms with Crippen LogP contribution in [0.4, 0.5) is 4.39 Å². The number of ether oxygens (including phenoxy) is 2. The van der Waals surface area contributed by atoms with E-state index in [-0.39, 0.29) is 17.9 Å². The topological polar surface area (TPSA) is 47.7 Å². The third-order valence-electron chi connectivity index (χ3n) is 4.38. The van der Waals surface area contributed by atoms with E-state index in [1.165, 1.54) is 6.07 Å². The van der Waals surface area contributed by atoms with Crippen LogP contribution in [0.15, 0.2) is 24.3 Å². The summed E-state index contributed by atoms with van der Waals surface area (Å²) in [5, 5.41) is 0. The molecule has 0 saturated carbocycles. The molecule has 1 aromatic rings. The number of halogens is 1. The molecule has 2 aliphatic heterocycles. The highest BCUT2D eigenvalue weighted by Crippen LogP contribution is 2.35. The molecule has 21 heavy (non-hydrogen) atoms. The van der Waals surface area contributed by atoms with Crippen molar-refractivity contribution in [2.45, 2.75) is 37.6 Å². The zero-order chi connectivity index (χ0) is 14.9. The van der Waals surface area contributed by atoms with Gasteiger partial charge in [-0.25, -0.2) is 4.39 Å². The highest BCUT2D eigenvalue weighted by atomic mass is 19.1. The Bertz CT molecular complexity index is 489. The fraction of sp³-hybridized carbons (Fsp3) is 0.625. The molecule has 0 aromatic heterocycles. The molecule has 0 amide bonds. The Morgan fingerprint density at radius 2 is 2.00 bits per heavy atom. The molecular weight excluding hydrogens is 271 g/mol. The van der Waals surface area contributed by atoms with Gasteiger partial charge in [0.2, 0.25) is 0 Å². The fourth-order valence-corrected chi connectivity index (χ4v) is 3.52. The van der Waals surface area contributed by atoms with Crippen LogP contribution >= 0.6 is 0 Å². The Morgan fingerprint density at radius 3 is 2.67 bits per heavy atom. The second kappa shape index (κ2) is 6.01. The highest BCUT2D eigenvalue weighted by Gasteiger charge is 2.43. The molecule has 0 radical (unpaired) electrons. The largest absolute Gasteiger partial charge is 0.346 e. The molecule has 3 rings (SSSR count). The van der Waals surface area contributed by atoms with Crippen molar-refractivity contribution in [2.24, 2.45) is 5.73 Å². The van der Waals surface area contributed by atoms with Gasteiger partial charge in [0.15, 0.2) is 5.79 Å². The fourth-order valence-electron chi connectivity index (χ4n) is 3.52. The number of nitrogens with zero attached hydrogens (tertiary/aromatic N) is 1. The van der Waals surface area contributed by atoms with Crippen molar-refractivity contribution in [2.75, 3.05) is 26.3 Å². The van der Waals surface area contributed by atoms with Crippen molar-refractivity contribution >= 4 is 0 Å². The van der Waals surface area contributed by atoms with Crippen molar-refractivity contribution in [1.82, 2.24) is 4.90 Å². The van der Waals surface area contributed by atoms with E-state index in [4.69, 9.17) is 15.2 Å². The summed E-state index contributed by atoms with van der Waals surface area (Å²) in [6.45, 7) is 4.73. The van der Waals surface area contributed by atoms with Crippen molar-refractivity contribution in [3.05, 3.63) is 35.6 Å². The number of hydrogen-bond donors (Lipinski definition) is 1. The summed E-state index contributed by atoms with van der Waals surface area (Å²) >= 11 is 0. The number of piperidine rings is 1. The van der Waals surface area contributed by atoms with E-state index < -0.39 is 5.79 Å². The minimum Gasteiger partial charge on any atom is -0.346 e. The molecule has 0 aliphatic carbocycles. The highest BCUT2D eigenvalue weighted by molar-refractivity contribution is 5.23. The van der Waals surface area contributed by atoms with Crippen molar-refractivity contribution in [3.8, 4) is 0 Å². The second-order valence-electron chi connectivity index (χ2n) is 6.01. The van der Waals surface area contributed by atoms with Crippen molar-refractivity contribution in [3.63, 3.8) is 0 Å². The van der Waals surface area contributed by atoms with Crippen LogP contribution in [-0.4, -0.2) is 43.0 Å². The maximum absolute atomic E-state index is 14.2. The summed E-state index contributed by atoms with van der Waals surface area (Å²) in [5.41, 5.74) is 6.82. The second-order valence-corrected chi connectivity index (χ2v) is 6.01. The van der Waals surface area contributed by atoms with E-state index in [9.17, 15) is 4.39 Å². The minimum atomic E-state index is -0.517. The average molecular weight is 294 g/mol. The van der Waals surface area contributed by atoms with Crippen LogP contribution in [0.25, 0.3) is 0 Å². The van der Waals surface area contributed by atoms with Gasteiger partial charge in [-0.3, -0.25) is 4.90 Å². The summed E-state index contributed by atoms with van der Waals surface area (Å²) in [4.78, 5) is 2.21. The molecule has 2 atom stereocenters. The summed E-state index contributed by atoms with van der Waals surface area (Å²) in [5.74, 6) is -0.718. The van der Waals surface area contributed by atoms with Gasteiger partial charge in [0.05, 0.1) is 25.8 Å². The number of rotatable bonds is 3. The third-order valence-corrected chi connectivity index (χ3v) is 4.38. The van der Waals surface area contributed by atoms with E-state index in [2.05, 4.69) is 4.90 Å². The van der Waals surface area contributed by atoms with Crippen LogP contribution in [0.1, 0.15) is 31.4 Å². The van der Waals surface area contributed by atoms with Crippen molar-refractivity contribution < 1.29 is 13.9 Å². The lowest BCUT2D eigenvalue weighted by Gasteiger charge is -2.43. The number of likely N-dealkylation sites (tertiary alicyclic amines) is 1. The van der Waals surface area contributed by atoms with Crippen molar-refractivity contribution in [1.29, 1.82) is 0 Å². The maximum atomic E-state index is 14.2. The Kier molecular flexibility index (Phi) is 4.26. The van der Waals surface area contributed by atoms with E-state index in [0.29, 0.717) is 25.3 Å². The van der Waals surface area contributed by atoms with Gasteiger partial charge in [-0.1, -0.05) is 18.2 Å². The minimum absolute atomic E-state index is 0.156. The summed E-state index contributed by atoms with van der Waals surface area (Å²) in [7, 11) is 0. The van der Waals surface area contributed by atoms with Gasteiger partial charge in [0.25, 0.3) is 0 Å². The Labute approximate surface area is 125 Å². The Morgan fingerprint density at radius 1 is 1.29 bits per heavy atom. The van der Waals surface area contributed by atoms with Gasteiger partial charge < -0.3 is 15.2 Å². The first-order chi connectivity index (χ1) is 10.1. The molecule has 5 heteroatoms. The smallest absolute Gasteiger partial charge is 0.181 e. The molecule has 2 N–H and O–H groups in total. The average Bonchev–Trinajstić information content (AvgIpc) is 2.89. The predicted molar refractivity (Wildman–Crippen MR) is 78.2 cm³/mol. The van der Waals surface area contributed by atoms with Gasteiger partial charge >= 0.3 is 0 Å². The molecule has 4 nitrogen and oxygen atoms in total. The van der Waals surface area contributed by atoms with Crippen LogP contribution in [-0.2, 0) is 9.47 Å². The molecule has 1 aromatic carbocycles. The molecule has 2 fully saturated rings. The first-order valence-corrected chi connectivity index (χ1v) is 7.63. The van der Waals surface area contributed by atoms with Crippen LogP contribution in [0.3, 0.4) is 0 Å². The quantitative estimate of drug-likeness (QED) is 0.927. The Hall–Kier alpha value is -1.01. The number of nitrogens with two attached hydrogens (primary N) is 1. The lowest BCUT2D eigenvalue weighted by atomic mass is 9.94. The van der Waals surface area contributed by atoms with Gasteiger partial charge in [-0.05, 0) is 26.0 Å². The van der Waals surface area contributed by atoms with E-state index in [1.807, 2.05) is 19.1 Å². The SMILES string of the molecule is CC(N)C(c1ccccc1F)N1CCCC2(C1)OCCO2. The normalized spacial score (nSPS) is 25.1.